The Bertz CT molecular complexity index is 1150. The van der Waals surface area contributed by atoms with E-state index < -0.39 is 10.0 Å². The molecule has 1 heterocycles. The van der Waals surface area contributed by atoms with Crippen molar-refractivity contribution in [3.63, 3.8) is 0 Å². The summed E-state index contributed by atoms with van der Waals surface area (Å²) in [6, 6.07) is 11.7. The lowest BCUT2D eigenvalue weighted by molar-refractivity contribution is 0.103. The largest absolute Gasteiger partial charge is 0.321 e. The molecule has 8 heteroatoms. The Morgan fingerprint density at radius 2 is 1.60 bits per heavy atom. The second kappa shape index (κ2) is 8.20. The van der Waals surface area contributed by atoms with Crippen molar-refractivity contribution in [2.75, 3.05) is 10.0 Å². The fraction of sp³-hybridized carbons (Fsp3) is 0.273. The second-order valence-corrected chi connectivity index (χ2v) is 10.8. The zero-order chi connectivity index (χ0) is 22.1. The molecule has 2 aromatic carbocycles. The molecule has 0 aliphatic rings. The van der Waals surface area contributed by atoms with E-state index in [1.54, 1.807) is 18.3 Å². The number of aromatic nitrogens is 1. The summed E-state index contributed by atoms with van der Waals surface area (Å²) in [7, 11) is -3.74. The molecule has 0 fully saturated rings. The van der Waals surface area contributed by atoms with Crippen LogP contribution in [0.25, 0.3) is 0 Å². The van der Waals surface area contributed by atoms with Gasteiger partial charge in [0.25, 0.3) is 15.9 Å². The summed E-state index contributed by atoms with van der Waals surface area (Å²) >= 11 is 1.35. The van der Waals surface area contributed by atoms with Gasteiger partial charge in [0, 0.05) is 11.1 Å². The molecule has 3 aromatic rings. The second-order valence-electron chi connectivity index (χ2n) is 8.13. The molecule has 0 aliphatic carbocycles. The van der Waals surface area contributed by atoms with Gasteiger partial charge in [-0.2, -0.15) is 0 Å². The summed E-state index contributed by atoms with van der Waals surface area (Å²) in [5.74, 6) is -0.271. The van der Waals surface area contributed by atoms with Gasteiger partial charge in [-0.25, -0.2) is 13.4 Å². The van der Waals surface area contributed by atoms with Crippen molar-refractivity contribution in [2.45, 2.75) is 44.9 Å². The number of hydrogen-bond donors (Lipinski definition) is 2. The van der Waals surface area contributed by atoms with Crippen LogP contribution < -0.4 is 10.0 Å². The van der Waals surface area contributed by atoms with Crippen molar-refractivity contribution in [2.24, 2.45) is 0 Å². The fourth-order valence-electron chi connectivity index (χ4n) is 2.80. The van der Waals surface area contributed by atoms with Gasteiger partial charge < -0.3 is 5.32 Å². The fourth-order valence-corrected chi connectivity index (χ4v) is 4.88. The van der Waals surface area contributed by atoms with Crippen LogP contribution in [0.3, 0.4) is 0 Å². The van der Waals surface area contributed by atoms with E-state index in [0.29, 0.717) is 16.3 Å². The van der Waals surface area contributed by atoms with Gasteiger partial charge in [0.1, 0.15) is 4.88 Å². The Labute approximate surface area is 181 Å². The molecule has 0 atom stereocenters. The number of para-hydroxylation sites is 1. The summed E-state index contributed by atoms with van der Waals surface area (Å²) in [4.78, 5) is 17.4. The SMILES string of the molecule is Cc1cccc(C)c1NS(=O)(=O)c1ccc(NC(=O)c2cnc(C(C)(C)C)s2)cc1. The number of hydrogen-bond acceptors (Lipinski definition) is 5. The first kappa shape index (κ1) is 22.0. The molecule has 0 saturated carbocycles. The van der Waals surface area contributed by atoms with E-state index in [9.17, 15) is 13.2 Å². The molecule has 1 aromatic heterocycles. The smallest absolute Gasteiger partial charge is 0.267 e. The van der Waals surface area contributed by atoms with E-state index in [-0.39, 0.29) is 16.2 Å². The molecule has 30 heavy (non-hydrogen) atoms. The maximum Gasteiger partial charge on any atom is 0.267 e. The normalized spacial score (nSPS) is 11.9. The lowest BCUT2D eigenvalue weighted by atomic mass is 9.98. The predicted octanol–water partition coefficient (Wildman–Crippen LogP) is 5.11. The van der Waals surface area contributed by atoms with Crippen LogP contribution in [0.4, 0.5) is 11.4 Å². The average molecular weight is 444 g/mol. The molecule has 0 aliphatic heterocycles. The van der Waals surface area contributed by atoms with Crippen LogP contribution in [0, 0.1) is 13.8 Å². The van der Waals surface area contributed by atoms with Crippen LogP contribution in [0.15, 0.2) is 53.6 Å². The van der Waals surface area contributed by atoms with Gasteiger partial charge in [0.15, 0.2) is 0 Å². The molecule has 0 bridgehead atoms. The molecule has 6 nitrogen and oxygen atoms in total. The lowest BCUT2D eigenvalue weighted by Crippen LogP contribution is -2.15. The Morgan fingerprint density at radius 1 is 1.00 bits per heavy atom. The van der Waals surface area contributed by atoms with Gasteiger partial charge in [-0.15, -0.1) is 11.3 Å². The highest BCUT2D eigenvalue weighted by Crippen LogP contribution is 2.28. The predicted molar refractivity (Wildman–Crippen MR) is 122 cm³/mol. The Hall–Kier alpha value is -2.71. The van der Waals surface area contributed by atoms with E-state index in [0.717, 1.165) is 16.1 Å². The third-order valence-electron chi connectivity index (χ3n) is 4.51. The van der Waals surface area contributed by atoms with Gasteiger partial charge in [0.2, 0.25) is 0 Å². The van der Waals surface area contributed by atoms with Crippen LogP contribution in [0.5, 0.6) is 0 Å². The zero-order valence-corrected chi connectivity index (χ0v) is 19.2. The number of amides is 1. The molecule has 158 valence electrons. The Kier molecular flexibility index (Phi) is 6.01. The number of aryl methyl sites for hydroxylation is 2. The summed E-state index contributed by atoms with van der Waals surface area (Å²) < 4.78 is 28.2. The number of nitrogens with one attached hydrogen (secondary N) is 2. The maximum absolute atomic E-state index is 12.8. The topological polar surface area (TPSA) is 88.2 Å². The van der Waals surface area contributed by atoms with Crippen LogP contribution in [-0.2, 0) is 15.4 Å². The van der Waals surface area contributed by atoms with Gasteiger partial charge in [-0.05, 0) is 49.2 Å². The number of anilines is 2. The first-order valence-electron chi connectivity index (χ1n) is 9.44. The summed E-state index contributed by atoms with van der Waals surface area (Å²) in [6.07, 6.45) is 1.56. The highest BCUT2D eigenvalue weighted by molar-refractivity contribution is 7.92. The molecule has 0 saturated heterocycles. The molecule has 2 N–H and O–H groups in total. The first-order valence-corrected chi connectivity index (χ1v) is 11.7. The zero-order valence-electron chi connectivity index (χ0n) is 17.6. The first-order chi connectivity index (χ1) is 14.0. The van der Waals surface area contributed by atoms with Crippen molar-refractivity contribution in [3.05, 3.63) is 69.7 Å². The Balaban J connectivity index is 1.74. The standard InChI is InChI=1S/C22H25N3O3S2/c1-14-7-6-8-15(2)19(14)25-30(27,28)17-11-9-16(10-12-17)24-20(26)18-13-23-21(29-18)22(3,4)5/h6-13,25H,1-5H3,(H,24,26). The monoisotopic (exact) mass is 443 g/mol. The molecular weight excluding hydrogens is 418 g/mol. The highest BCUT2D eigenvalue weighted by atomic mass is 32.2. The molecule has 3 rings (SSSR count). The minimum absolute atomic E-state index is 0.121. The van der Waals surface area contributed by atoms with Crippen LogP contribution in [0.2, 0.25) is 0 Å². The number of carbonyl (C=O) groups excluding carboxylic acids is 1. The van der Waals surface area contributed by atoms with Gasteiger partial charge in [-0.3, -0.25) is 9.52 Å². The highest BCUT2D eigenvalue weighted by Gasteiger charge is 2.21. The number of thiazole rings is 1. The third kappa shape index (κ3) is 4.88. The molecule has 1 amide bonds. The quantitative estimate of drug-likeness (QED) is 0.573. The third-order valence-corrected chi connectivity index (χ3v) is 7.30. The van der Waals surface area contributed by atoms with E-state index >= 15 is 0 Å². The van der Waals surface area contributed by atoms with E-state index in [1.165, 1.54) is 23.5 Å². The molecule has 0 spiro atoms. The van der Waals surface area contributed by atoms with E-state index in [4.69, 9.17) is 0 Å². The van der Waals surface area contributed by atoms with Crippen molar-refractivity contribution in [1.29, 1.82) is 0 Å². The van der Waals surface area contributed by atoms with Crippen molar-refractivity contribution in [1.82, 2.24) is 4.98 Å². The summed E-state index contributed by atoms with van der Waals surface area (Å²) in [5, 5.41) is 3.67. The minimum atomic E-state index is -3.74. The van der Waals surface area contributed by atoms with Gasteiger partial charge >= 0.3 is 0 Å². The average Bonchev–Trinajstić information content (AvgIpc) is 3.16. The van der Waals surface area contributed by atoms with Crippen molar-refractivity contribution < 1.29 is 13.2 Å². The summed E-state index contributed by atoms with van der Waals surface area (Å²) in [5.41, 5.74) is 2.66. The van der Waals surface area contributed by atoms with Crippen LogP contribution >= 0.6 is 11.3 Å². The van der Waals surface area contributed by atoms with E-state index in [2.05, 4.69) is 15.0 Å². The van der Waals surface area contributed by atoms with Crippen molar-refractivity contribution in [3.8, 4) is 0 Å². The number of rotatable bonds is 5. The Morgan fingerprint density at radius 3 is 2.13 bits per heavy atom. The minimum Gasteiger partial charge on any atom is -0.321 e. The van der Waals surface area contributed by atoms with Crippen molar-refractivity contribution >= 4 is 38.6 Å². The maximum atomic E-state index is 12.8. The lowest BCUT2D eigenvalue weighted by Gasteiger charge is -2.13. The number of carbonyl (C=O) groups is 1. The number of nitrogens with zero attached hydrogens (tertiary/aromatic N) is 1. The van der Waals surface area contributed by atoms with Gasteiger partial charge in [0.05, 0.1) is 21.8 Å². The van der Waals surface area contributed by atoms with Crippen LogP contribution in [-0.4, -0.2) is 19.3 Å². The van der Waals surface area contributed by atoms with Gasteiger partial charge in [-0.1, -0.05) is 39.0 Å². The molecular formula is C22H25N3O3S2. The van der Waals surface area contributed by atoms with Crippen LogP contribution in [0.1, 0.15) is 46.6 Å². The number of benzene rings is 2. The van der Waals surface area contributed by atoms with E-state index in [1.807, 2.05) is 52.8 Å². The molecule has 0 radical (unpaired) electrons. The number of sulfonamides is 1. The molecule has 0 unspecified atom stereocenters. The summed E-state index contributed by atoms with van der Waals surface area (Å²) in [6.45, 7) is 9.83.